The Hall–Kier alpha value is -4.44. The van der Waals surface area contributed by atoms with Gasteiger partial charge >= 0.3 is 0 Å². The number of nitrogens with zero attached hydrogens (tertiary/aromatic N) is 5. The second-order valence-electron chi connectivity index (χ2n) is 7.49. The normalized spacial score (nSPS) is 14.1. The van der Waals surface area contributed by atoms with E-state index in [-0.39, 0.29) is 11.4 Å². The maximum Gasteiger partial charge on any atom is 0.270 e. The van der Waals surface area contributed by atoms with E-state index in [1.807, 2.05) is 4.90 Å². The Kier molecular flexibility index (Phi) is 6.99. The molecule has 3 aromatic rings. The van der Waals surface area contributed by atoms with Crippen molar-refractivity contribution in [3.8, 4) is 0 Å². The highest BCUT2D eigenvalue weighted by atomic mass is 16.6. The molecule has 0 aliphatic carbocycles. The SMILES string of the molecule is O=[N+]([O-])c1cccc(C=Cc2cc(C=Cc3cccc([N+](=O)[O-])c3)nc(N3CCOCC3)n2)c1. The van der Waals surface area contributed by atoms with Gasteiger partial charge in [-0.25, -0.2) is 9.97 Å². The van der Waals surface area contributed by atoms with E-state index in [1.54, 1.807) is 54.6 Å². The third-order valence-corrected chi connectivity index (χ3v) is 5.10. The van der Waals surface area contributed by atoms with Crippen LogP contribution in [-0.4, -0.2) is 46.1 Å². The molecule has 0 atom stereocenters. The van der Waals surface area contributed by atoms with E-state index in [1.165, 1.54) is 24.3 Å². The van der Waals surface area contributed by atoms with Crippen molar-refractivity contribution < 1.29 is 14.6 Å². The largest absolute Gasteiger partial charge is 0.378 e. The molecule has 0 bridgehead atoms. The number of hydrogen-bond donors (Lipinski definition) is 0. The molecule has 0 unspecified atom stereocenters. The molecule has 2 aromatic carbocycles. The lowest BCUT2D eigenvalue weighted by molar-refractivity contribution is -0.385. The second-order valence-corrected chi connectivity index (χ2v) is 7.49. The zero-order valence-electron chi connectivity index (χ0n) is 18.1. The van der Waals surface area contributed by atoms with E-state index >= 15 is 0 Å². The average molecular weight is 459 g/mol. The first-order chi connectivity index (χ1) is 16.5. The van der Waals surface area contributed by atoms with Gasteiger partial charge in [0.2, 0.25) is 5.95 Å². The van der Waals surface area contributed by atoms with Gasteiger partial charge in [-0.15, -0.1) is 0 Å². The van der Waals surface area contributed by atoms with Crippen molar-refractivity contribution >= 4 is 41.6 Å². The topological polar surface area (TPSA) is 125 Å². The standard InChI is InChI=1S/C24H21N5O5/c30-28(31)22-5-1-3-18(15-22)7-9-20-17-21(26-24(25-20)27-11-13-34-14-12-27)10-8-19-4-2-6-23(16-19)29(32)33/h1-10,15-17H,11-14H2. The third-order valence-electron chi connectivity index (χ3n) is 5.10. The molecule has 0 spiro atoms. The highest BCUT2D eigenvalue weighted by molar-refractivity contribution is 5.73. The fourth-order valence-electron chi connectivity index (χ4n) is 3.39. The minimum absolute atomic E-state index is 0.0134. The molecule has 0 N–H and O–H groups in total. The number of nitro groups is 2. The smallest absolute Gasteiger partial charge is 0.270 e. The summed E-state index contributed by atoms with van der Waals surface area (Å²) in [5.41, 5.74) is 2.63. The summed E-state index contributed by atoms with van der Waals surface area (Å²) in [5, 5.41) is 22.1. The number of nitro benzene ring substituents is 2. The Morgan fingerprint density at radius 3 is 1.74 bits per heavy atom. The molecule has 0 saturated carbocycles. The highest BCUT2D eigenvalue weighted by Crippen LogP contribution is 2.20. The molecular weight excluding hydrogens is 438 g/mol. The molecular formula is C24H21N5O5. The molecule has 2 heterocycles. The van der Waals surface area contributed by atoms with Gasteiger partial charge in [0.15, 0.2) is 0 Å². The van der Waals surface area contributed by atoms with Crippen molar-refractivity contribution in [1.29, 1.82) is 0 Å². The van der Waals surface area contributed by atoms with Crippen LogP contribution >= 0.6 is 0 Å². The van der Waals surface area contributed by atoms with E-state index in [4.69, 9.17) is 4.74 Å². The quantitative estimate of drug-likeness (QED) is 0.374. The van der Waals surface area contributed by atoms with Crippen molar-refractivity contribution in [3.05, 3.63) is 97.3 Å². The molecule has 0 amide bonds. The first-order valence-corrected chi connectivity index (χ1v) is 10.5. The molecule has 10 heteroatoms. The lowest BCUT2D eigenvalue weighted by atomic mass is 10.1. The molecule has 1 fully saturated rings. The van der Waals surface area contributed by atoms with Crippen LogP contribution in [0.15, 0.2) is 54.6 Å². The van der Waals surface area contributed by atoms with Gasteiger partial charge in [0.05, 0.1) is 34.4 Å². The van der Waals surface area contributed by atoms with Gasteiger partial charge in [0, 0.05) is 37.4 Å². The molecule has 1 aliphatic heterocycles. The fraction of sp³-hybridized carbons (Fsp3) is 0.167. The Morgan fingerprint density at radius 2 is 1.26 bits per heavy atom. The Labute approximate surface area is 195 Å². The number of non-ortho nitro benzene ring substituents is 2. The molecule has 1 aromatic heterocycles. The van der Waals surface area contributed by atoms with E-state index in [9.17, 15) is 20.2 Å². The number of morpholine rings is 1. The Bertz CT molecular complexity index is 1180. The molecule has 4 rings (SSSR count). The van der Waals surface area contributed by atoms with Gasteiger partial charge in [-0.1, -0.05) is 36.4 Å². The number of hydrogen-bond acceptors (Lipinski definition) is 8. The zero-order valence-corrected chi connectivity index (χ0v) is 18.1. The van der Waals surface area contributed by atoms with Crippen molar-refractivity contribution in [2.45, 2.75) is 0 Å². The van der Waals surface area contributed by atoms with E-state index in [0.29, 0.717) is 54.8 Å². The zero-order chi connectivity index (χ0) is 23.9. The molecule has 1 saturated heterocycles. The van der Waals surface area contributed by atoms with Crippen molar-refractivity contribution in [2.75, 3.05) is 31.2 Å². The van der Waals surface area contributed by atoms with Crippen LogP contribution in [-0.2, 0) is 4.74 Å². The molecule has 10 nitrogen and oxygen atoms in total. The van der Waals surface area contributed by atoms with Crippen LogP contribution in [0.25, 0.3) is 24.3 Å². The van der Waals surface area contributed by atoms with Crippen molar-refractivity contribution in [2.24, 2.45) is 0 Å². The lowest BCUT2D eigenvalue weighted by Gasteiger charge is -2.27. The van der Waals surface area contributed by atoms with Gasteiger partial charge < -0.3 is 9.64 Å². The van der Waals surface area contributed by atoms with Crippen LogP contribution in [0.4, 0.5) is 17.3 Å². The predicted molar refractivity (Wildman–Crippen MR) is 129 cm³/mol. The molecule has 1 aliphatic rings. The Balaban J connectivity index is 1.65. The average Bonchev–Trinajstić information content (AvgIpc) is 2.87. The van der Waals surface area contributed by atoms with Gasteiger partial charge in [0.25, 0.3) is 11.4 Å². The first kappa shape index (κ1) is 22.7. The van der Waals surface area contributed by atoms with Crippen LogP contribution in [0.1, 0.15) is 22.5 Å². The summed E-state index contributed by atoms with van der Waals surface area (Å²) in [6.45, 7) is 2.48. The lowest BCUT2D eigenvalue weighted by Crippen LogP contribution is -2.37. The number of rotatable bonds is 7. The summed E-state index contributed by atoms with van der Waals surface area (Å²) in [4.78, 5) is 32.5. The van der Waals surface area contributed by atoms with Crippen LogP contribution in [0.5, 0.6) is 0 Å². The summed E-state index contributed by atoms with van der Waals surface area (Å²) in [5.74, 6) is 0.545. The maximum atomic E-state index is 11.0. The predicted octanol–water partition coefficient (Wildman–Crippen LogP) is 4.47. The number of anilines is 1. The highest BCUT2D eigenvalue weighted by Gasteiger charge is 2.15. The van der Waals surface area contributed by atoms with Crippen LogP contribution in [0.2, 0.25) is 0 Å². The maximum absolute atomic E-state index is 11.0. The second kappa shape index (κ2) is 10.5. The molecule has 172 valence electrons. The molecule has 0 radical (unpaired) electrons. The summed E-state index contributed by atoms with van der Waals surface area (Å²) in [6, 6.07) is 14.4. The van der Waals surface area contributed by atoms with Crippen LogP contribution < -0.4 is 4.90 Å². The van der Waals surface area contributed by atoms with Crippen LogP contribution in [0.3, 0.4) is 0 Å². The van der Waals surface area contributed by atoms with Gasteiger partial charge in [-0.3, -0.25) is 20.2 Å². The van der Waals surface area contributed by atoms with Gasteiger partial charge in [-0.05, 0) is 29.3 Å². The number of aromatic nitrogens is 2. The van der Waals surface area contributed by atoms with E-state index < -0.39 is 9.85 Å². The summed E-state index contributed by atoms with van der Waals surface area (Å²) < 4.78 is 5.42. The molecule has 34 heavy (non-hydrogen) atoms. The first-order valence-electron chi connectivity index (χ1n) is 10.5. The van der Waals surface area contributed by atoms with E-state index in [0.717, 1.165) is 0 Å². The van der Waals surface area contributed by atoms with Crippen LogP contribution in [0, 0.1) is 20.2 Å². The van der Waals surface area contributed by atoms with Gasteiger partial charge in [0.1, 0.15) is 0 Å². The Morgan fingerprint density at radius 1 is 0.765 bits per heavy atom. The summed E-state index contributed by atoms with van der Waals surface area (Å²) >= 11 is 0. The van der Waals surface area contributed by atoms with Crippen molar-refractivity contribution in [1.82, 2.24) is 9.97 Å². The number of benzene rings is 2. The van der Waals surface area contributed by atoms with Gasteiger partial charge in [-0.2, -0.15) is 0 Å². The monoisotopic (exact) mass is 459 g/mol. The number of ether oxygens (including phenoxy) is 1. The van der Waals surface area contributed by atoms with Crippen molar-refractivity contribution in [3.63, 3.8) is 0 Å². The summed E-state index contributed by atoms with van der Waals surface area (Å²) in [6.07, 6.45) is 7.06. The third kappa shape index (κ3) is 5.87. The fourth-order valence-corrected chi connectivity index (χ4v) is 3.39. The summed E-state index contributed by atoms with van der Waals surface area (Å²) in [7, 11) is 0. The minimum Gasteiger partial charge on any atom is -0.378 e. The minimum atomic E-state index is -0.435. The van der Waals surface area contributed by atoms with E-state index in [2.05, 4.69) is 9.97 Å².